The van der Waals surface area contributed by atoms with Crippen LogP contribution in [-0.4, -0.2) is 20.9 Å². The zero-order valence-corrected chi connectivity index (χ0v) is 9.59. The number of amidine groups is 1. The van der Waals surface area contributed by atoms with Crippen molar-refractivity contribution in [2.45, 2.75) is 6.54 Å². The average Bonchev–Trinajstić information content (AvgIpc) is 2.37. The second kappa shape index (κ2) is 5.13. The third-order valence-electron chi connectivity index (χ3n) is 2.36. The summed E-state index contributed by atoms with van der Waals surface area (Å²) in [6, 6.07) is 6.99. The van der Waals surface area contributed by atoms with Gasteiger partial charge in [-0.05, 0) is 23.8 Å². The Morgan fingerprint density at radius 2 is 2.22 bits per heavy atom. The van der Waals surface area contributed by atoms with Gasteiger partial charge < -0.3 is 16.2 Å². The van der Waals surface area contributed by atoms with Gasteiger partial charge in [0, 0.05) is 18.9 Å². The van der Waals surface area contributed by atoms with E-state index in [1.54, 1.807) is 24.5 Å². The number of nitrogens with one attached hydrogen (secondary N) is 2. The fourth-order valence-electron chi connectivity index (χ4n) is 1.45. The van der Waals surface area contributed by atoms with E-state index in [0.717, 1.165) is 5.56 Å². The molecule has 6 nitrogen and oxygen atoms in total. The smallest absolute Gasteiger partial charge is 0.223 e. The van der Waals surface area contributed by atoms with Gasteiger partial charge in [0.25, 0.3) is 0 Å². The first-order valence-corrected chi connectivity index (χ1v) is 5.34. The van der Waals surface area contributed by atoms with Gasteiger partial charge >= 0.3 is 0 Å². The number of aromatic nitrogens is 2. The molecule has 5 N–H and O–H groups in total. The molecule has 0 aliphatic carbocycles. The molecule has 0 radical (unpaired) electrons. The van der Waals surface area contributed by atoms with Gasteiger partial charge in [-0.3, -0.25) is 10.4 Å². The summed E-state index contributed by atoms with van der Waals surface area (Å²) < 4.78 is 0. The molecule has 0 aliphatic heterocycles. The molecule has 0 spiro atoms. The van der Waals surface area contributed by atoms with Crippen LogP contribution in [-0.2, 0) is 6.54 Å². The highest BCUT2D eigenvalue weighted by atomic mass is 16.3. The maximum atomic E-state index is 9.57. The molecule has 0 saturated carbocycles. The van der Waals surface area contributed by atoms with E-state index in [2.05, 4.69) is 15.3 Å². The topological polar surface area (TPSA) is 108 Å². The number of nitrogen functional groups attached to an aromatic ring is 1. The van der Waals surface area contributed by atoms with Crippen molar-refractivity contribution in [1.82, 2.24) is 9.97 Å². The minimum atomic E-state index is -0.251. The van der Waals surface area contributed by atoms with Crippen molar-refractivity contribution in [2.24, 2.45) is 5.73 Å². The molecule has 0 saturated heterocycles. The highest BCUT2D eigenvalue weighted by Crippen LogP contribution is 2.16. The first kappa shape index (κ1) is 11.8. The maximum Gasteiger partial charge on any atom is 0.223 e. The van der Waals surface area contributed by atoms with E-state index < -0.39 is 0 Å². The number of hydrogen-bond donors (Lipinski definition) is 4. The number of nitrogens with zero attached hydrogens (tertiary/aromatic N) is 2. The fourth-order valence-corrected chi connectivity index (χ4v) is 1.45. The molecule has 2 aromatic rings. The SMILES string of the molecule is N=C(N)c1ccc(NCc2cccnc2)nc1O. The Morgan fingerprint density at radius 1 is 1.39 bits per heavy atom. The average molecular weight is 243 g/mol. The van der Waals surface area contributed by atoms with Crippen LogP contribution in [0.1, 0.15) is 11.1 Å². The summed E-state index contributed by atoms with van der Waals surface area (Å²) in [5.74, 6) is 0.0545. The Morgan fingerprint density at radius 3 is 2.83 bits per heavy atom. The predicted octanol–water partition coefficient (Wildman–Crippen LogP) is 1.08. The molecular weight excluding hydrogens is 230 g/mol. The summed E-state index contributed by atoms with van der Waals surface area (Å²) >= 11 is 0. The monoisotopic (exact) mass is 243 g/mol. The molecule has 6 heteroatoms. The molecule has 0 aromatic carbocycles. The lowest BCUT2D eigenvalue weighted by Gasteiger charge is -2.07. The van der Waals surface area contributed by atoms with Crippen LogP contribution in [0.3, 0.4) is 0 Å². The predicted molar refractivity (Wildman–Crippen MR) is 68.5 cm³/mol. The molecule has 18 heavy (non-hydrogen) atoms. The van der Waals surface area contributed by atoms with Gasteiger partial charge in [-0.15, -0.1) is 0 Å². The summed E-state index contributed by atoms with van der Waals surface area (Å²) in [5.41, 5.74) is 6.52. The van der Waals surface area contributed by atoms with E-state index in [9.17, 15) is 5.11 Å². The summed E-state index contributed by atoms with van der Waals surface area (Å²) in [6.45, 7) is 0.555. The Balaban J connectivity index is 2.07. The van der Waals surface area contributed by atoms with Gasteiger partial charge in [0.05, 0.1) is 5.56 Å². The summed E-state index contributed by atoms with van der Waals surface area (Å²) in [4.78, 5) is 7.91. The zero-order valence-electron chi connectivity index (χ0n) is 9.59. The Hall–Kier alpha value is -2.63. The molecule has 92 valence electrons. The van der Waals surface area contributed by atoms with Crippen molar-refractivity contribution >= 4 is 11.7 Å². The number of nitrogens with two attached hydrogens (primary N) is 1. The standard InChI is InChI=1S/C12H13N5O/c13-11(14)9-3-4-10(17-12(9)18)16-7-8-2-1-5-15-6-8/h1-6H,7H2,(H3,13,14)(H2,16,17,18). The largest absolute Gasteiger partial charge is 0.493 e. The number of aromatic hydroxyl groups is 1. The quantitative estimate of drug-likeness (QED) is 0.474. The number of hydrogen-bond acceptors (Lipinski definition) is 5. The van der Waals surface area contributed by atoms with Crippen LogP contribution in [0.25, 0.3) is 0 Å². The van der Waals surface area contributed by atoms with Gasteiger partial charge in [-0.2, -0.15) is 4.98 Å². The van der Waals surface area contributed by atoms with Crippen molar-refractivity contribution in [3.63, 3.8) is 0 Å². The summed E-state index contributed by atoms with van der Waals surface area (Å²) in [6.07, 6.45) is 3.45. The first-order valence-electron chi connectivity index (χ1n) is 5.34. The molecule has 2 heterocycles. The lowest BCUT2D eigenvalue weighted by Crippen LogP contribution is -2.12. The number of anilines is 1. The lowest BCUT2D eigenvalue weighted by atomic mass is 10.2. The number of rotatable bonds is 4. The lowest BCUT2D eigenvalue weighted by molar-refractivity contribution is 0.453. The van der Waals surface area contributed by atoms with Crippen LogP contribution < -0.4 is 11.1 Å². The normalized spacial score (nSPS) is 10.0. The molecule has 2 rings (SSSR count). The molecular formula is C12H13N5O. The van der Waals surface area contributed by atoms with Crippen LogP contribution in [0.2, 0.25) is 0 Å². The molecule has 0 bridgehead atoms. The van der Waals surface area contributed by atoms with Crippen molar-refractivity contribution in [3.05, 3.63) is 47.8 Å². The van der Waals surface area contributed by atoms with Gasteiger partial charge in [0.2, 0.25) is 5.88 Å². The van der Waals surface area contributed by atoms with Crippen LogP contribution in [0.15, 0.2) is 36.7 Å². The second-order valence-corrected chi connectivity index (χ2v) is 3.70. The van der Waals surface area contributed by atoms with Crippen LogP contribution >= 0.6 is 0 Å². The van der Waals surface area contributed by atoms with Crippen molar-refractivity contribution < 1.29 is 5.11 Å². The summed E-state index contributed by atoms with van der Waals surface area (Å²) in [7, 11) is 0. The van der Waals surface area contributed by atoms with Crippen molar-refractivity contribution in [3.8, 4) is 5.88 Å². The van der Waals surface area contributed by atoms with E-state index in [-0.39, 0.29) is 17.3 Å². The van der Waals surface area contributed by atoms with Crippen LogP contribution in [0, 0.1) is 5.41 Å². The zero-order chi connectivity index (χ0) is 13.0. The Labute approximate surface area is 104 Å². The maximum absolute atomic E-state index is 9.57. The van der Waals surface area contributed by atoms with E-state index in [1.165, 1.54) is 0 Å². The van der Waals surface area contributed by atoms with E-state index in [1.807, 2.05) is 12.1 Å². The molecule has 2 aromatic heterocycles. The summed E-state index contributed by atoms with van der Waals surface area (Å²) in [5, 5.41) is 19.9. The number of pyridine rings is 2. The van der Waals surface area contributed by atoms with Crippen molar-refractivity contribution in [2.75, 3.05) is 5.32 Å². The molecule has 0 atom stereocenters. The molecule has 0 aliphatic rings. The minimum absolute atomic E-state index is 0.209. The van der Waals surface area contributed by atoms with Gasteiger partial charge in [-0.1, -0.05) is 6.07 Å². The van der Waals surface area contributed by atoms with E-state index >= 15 is 0 Å². The van der Waals surface area contributed by atoms with Gasteiger partial charge in [0.15, 0.2) is 0 Å². The van der Waals surface area contributed by atoms with Gasteiger partial charge in [0.1, 0.15) is 11.7 Å². The second-order valence-electron chi connectivity index (χ2n) is 3.70. The highest BCUT2D eigenvalue weighted by molar-refractivity contribution is 5.97. The third kappa shape index (κ3) is 2.73. The Bertz CT molecular complexity index is 556. The highest BCUT2D eigenvalue weighted by Gasteiger charge is 2.06. The van der Waals surface area contributed by atoms with Gasteiger partial charge in [-0.25, -0.2) is 0 Å². The molecule has 0 amide bonds. The molecule has 0 fully saturated rings. The van der Waals surface area contributed by atoms with Crippen LogP contribution in [0.5, 0.6) is 5.88 Å². The Kier molecular flexibility index (Phi) is 3.38. The first-order chi connectivity index (χ1) is 8.66. The van der Waals surface area contributed by atoms with E-state index in [4.69, 9.17) is 11.1 Å². The third-order valence-corrected chi connectivity index (χ3v) is 2.36. The molecule has 0 unspecified atom stereocenters. The fraction of sp³-hybridized carbons (Fsp3) is 0.0833. The van der Waals surface area contributed by atoms with Crippen molar-refractivity contribution in [1.29, 1.82) is 5.41 Å². The van der Waals surface area contributed by atoms with E-state index in [0.29, 0.717) is 12.4 Å². The minimum Gasteiger partial charge on any atom is -0.493 e. The van der Waals surface area contributed by atoms with Crippen LogP contribution in [0.4, 0.5) is 5.82 Å².